The van der Waals surface area contributed by atoms with Gasteiger partial charge < -0.3 is 24.6 Å². The molecule has 2 unspecified atom stereocenters. The third kappa shape index (κ3) is 4.40. The Morgan fingerprint density at radius 2 is 1.95 bits per heavy atom. The quantitative estimate of drug-likeness (QED) is 0.354. The number of rotatable bonds is 6. The van der Waals surface area contributed by atoms with E-state index in [0.29, 0.717) is 29.3 Å². The highest BCUT2D eigenvalue weighted by molar-refractivity contribution is 5.87. The monoisotopic (exact) mass is 496 g/mol. The number of β-amino-alcohol motifs (C(OH)–C–C–N with tert-alkyl or cyclic N) is 1. The van der Waals surface area contributed by atoms with Crippen molar-refractivity contribution in [2.75, 3.05) is 23.3 Å². The van der Waals surface area contributed by atoms with E-state index in [1.165, 1.54) is 6.33 Å². The third-order valence-corrected chi connectivity index (χ3v) is 6.94. The van der Waals surface area contributed by atoms with Gasteiger partial charge >= 0.3 is 0 Å². The van der Waals surface area contributed by atoms with Gasteiger partial charge in [-0.15, -0.1) is 0 Å². The van der Waals surface area contributed by atoms with E-state index in [1.807, 2.05) is 59.8 Å². The molecule has 0 saturated carbocycles. The minimum Gasteiger partial charge on any atom is -0.457 e. The molecular weight excluding hydrogens is 468 g/mol. The molecule has 0 radical (unpaired) electrons. The fourth-order valence-corrected chi connectivity index (χ4v) is 4.79. The van der Waals surface area contributed by atoms with Crippen LogP contribution < -0.4 is 15.0 Å². The van der Waals surface area contributed by atoms with Gasteiger partial charge in [-0.1, -0.05) is 6.92 Å². The molecule has 0 amide bonds. The SMILES string of the molecule is CCC1CN(c2ncc3ncnc(Nc4ccc(Oc5ccc6c(c5)ncn6C)c(C)c4)c3n2)CC1O. The van der Waals surface area contributed by atoms with Crippen LogP contribution in [0.15, 0.2) is 55.2 Å². The van der Waals surface area contributed by atoms with Crippen LogP contribution in [0.3, 0.4) is 0 Å². The van der Waals surface area contributed by atoms with Crippen molar-refractivity contribution in [2.45, 2.75) is 26.4 Å². The summed E-state index contributed by atoms with van der Waals surface area (Å²) in [5.41, 5.74) is 5.04. The molecule has 0 spiro atoms. The zero-order chi connectivity index (χ0) is 25.5. The molecule has 4 heterocycles. The molecule has 10 nitrogen and oxygen atoms in total. The molecule has 188 valence electrons. The van der Waals surface area contributed by atoms with E-state index < -0.39 is 0 Å². The molecule has 1 aliphatic heterocycles. The Bertz CT molecular complexity index is 1600. The first kappa shape index (κ1) is 23.1. The number of aryl methyl sites for hydroxylation is 2. The standard InChI is InChI=1S/C27H28N8O2/c1-4-17-12-35(13-23(17)36)27-28-11-21-25(33-27)26(30-14-29-21)32-18-5-8-24(16(2)9-18)37-19-6-7-22-20(10-19)31-15-34(22)3/h5-11,14-15,17,23,36H,4,12-13H2,1-3H3,(H,29,30,32). The molecule has 1 fully saturated rings. The average Bonchev–Trinajstić information content (AvgIpc) is 3.47. The van der Waals surface area contributed by atoms with Gasteiger partial charge in [-0.25, -0.2) is 24.9 Å². The van der Waals surface area contributed by atoms with Gasteiger partial charge in [-0.3, -0.25) is 0 Å². The van der Waals surface area contributed by atoms with Crippen molar-refractivity contribution in [1.82, 2.24) is 29.5 Å². The van der Waals surface area contributed by atoms with Crippen molar-refractivity contribution in [1.29, 1.82) is 0 Å². The summed E-state index contributed by atoms with van der Waals surface area (Å²) >= 11 is 0. The highest BCUT2D eigenvalue weighted by atomic mass is 16.5. The molecule has 2 N–H and O–H groups in total. The molecular formula is C27H28N8O2. The lowest BCUT2D eigenvalue weighted by Gasteiger charge is -2.16. The number of hydrogen-bond donors (Lipinski definition) is 2. The maximum atomic E-state index is 10.3. The van der Waals surface area contributed by atoms with Gasteiger partial charge in [0.25, 0.3) is 0 Å². The highest BCUT2D eigenvalue weighted by Crippen LogP contribution is 2.31. The smallest absolute Gasteiger partial charge is 0.226 e. The fraction of sp³-hybridized carbons (Fsp3) is 0.296. The summed E-state index contributed by atoms with van der Waals surface area (Å²) in [6.07, 6.45) is 5.54. The van der Waals surface area contributed by atoms with E-state index in [0.717, 1.165) is 46.7 Å². The Balaban J connectivity index is 1.24. The van der Waals surface area contributed by atoms with Crippen molar-refractivity contribution in [3.05, 3.63) is 60.8 Å². The number of imidazole rings is 1. The molecule has 1 saturated heterocycles. The number of aliphatic hydroxyl groups is 1. The first-order valence-corrected chi connectivity index (χ1v) is 12.4. The Morgan fingerprint density at radius 3 is 2.76 bits per heavy atom. The van der Waals surface area contributed by atoms with E-state index in [1.54, 1.807) is 12.5 Å². The zero-order valence-electron chi connectivity index (χ0n) is 21.0. The van der Waals surface area contributed by atoms with Gasteiger partial charge in [0.05, 0.1) is 29.7 Å². The van der Waals surface area contributed by atoms with Gasteiger partial charge in [0.15, 0.2) is 5.82 Å². The maximum Gasteiger partial charge on any atom is 0.226 e. The summed E-state index contributed by atoms with van der Waals surface area (Å²) in [6.45, 7) is 5.34. The molecule has 1 aliphatic rings. The second-order valence-corrected chi connectivity index (χ2v) is 9.48. The molecule has 5 aromatic rings. The minimum atomic E-state index is -0.372. The third-order valence-electron chi connectivity index (χ3n) is 6.94. The Hall–Kier alpha value is -4.31. The second kappa shape index (κ2) is 9.29. The summed E-state index contributed by atoms with van der Waals surface area (Å²) in [6, 6.07) is 11.8. The lowest BCUT2D eigenvalue weighted by atomic mass is 10.0. The van der Waals surface area contributed by atoms with Crippen LogP contribution in [0.5, 0.6) is 11.5 Å². The Morgan fingerprint density at radius 1 is 1.05 bits per heavy atom. The van der Waals surface area contributed by atoms with E-state index in [-0.39, 0.29) is 12.0 Å². The first-order valence-electron chi connectivity index (χ1n) is 12.4. The van der Waals surface area contributed by atoms with Crippen molar-refractivity contribution < 1.29 is 9.84 Å². The predicted molar refractivity (Wildman–Crippen MR) is 142 cm³/mol. The average molecular weight is 497 g/mol. The van der Waals surface area contributed by atoms with E-state index >= 15 is 0 Å². The predicted octanol–water partition coefficient (Wildman–Crippen LogP) is 4.36. The van der Waals surface area contributed by atoms with Crippen molar-refractivity contribution in [3.63, 3.8) is 0 Å². The fourth-order valence-electron chi connectivity index (χ4n) is 4.79. The number of ether oxygens (including phenoxy) is 1. The highest BCUT2D eigenvalue weighted by Gasteiger charge is 2.31. The Labute approximate surface area is 214 Å². The summed E-state index contributed by atoms with van der Waals surface area (Å²) in [5, 5.41) is 13.7. The van der Waals surface area contributed by atoms with E-state index in [4.69, 9.17) is 9.72 Å². The first-order chi connectivity index (χ1) is 18.0. The van der Waals surface area contributed by atoms with E-state index in [2.05, 4.69) is 32.2 Å². The van der Waals surface area contributed by atoms with Gasteiger partial charge in [0, 0.05) is 37.8 Å². The molecule has 0 aliphatic carbocycles. The zero-order valence-corrected chi connectivity index (χ0v) is 21.0. The number of aliphatic hydroxyl groups excluding tert-OH is 1. The minimum absolute atomic E-state index is 0.221. The topological polar surface area (TPSA) is 114 Å². The van der Waals surface area contributed by atoms with Crippen molar-refractivity contribution >= 4 is 39.5 Å². The number of anilines is 3. The molecule has 2 aromatic carbocycles. The lowest BCUT2D eigenvalue weighted by Crippen LogP contribution is -2.23. The van der Waals surface area contributed by atoms with Crippen LogP contribution >= 0.6 is 0 Å². The summed E-state index contributed by atoms with van der Waals surface area (Å²) in [4.78, 5) is 24.5. The number of benzene rings is 2. The normalized spacial score (nSPS) is 17.6. The number of hydrogen-bond acceptors (Lipinski definition) is 9. The van der Waals surface area contributed by atoms with E-state index in [9.17, 15) is 5.11 Å². The number of nitrogens with one attached hydrogen (secondary N) is 1. The molecule has 0 bridgehead atoms. The molecule has 2 atom stereocenters. The largest absolute Gasteiger partial charge is 0.457 e. The van der Waals surface area contributed by atoms with Crippen LogP contribution in [0.1, 0.15) is 18.9 Å². The van der Waals surface area contributed by atoms with Gasteiger partial charge in [0.1, 0.15) is 28.9 Å². The van der Waals surface area contributed by atoms with Crippen LogP contribution in [0, 0.1) is 12.8 Å². The summed E-state index contributed by atoms with van der Waals surface area (Å²) < 4.78 is 8.13. The summed E-state index contributed by atoms with van der Waals surface area (Å²) in [5.74, 6) is 2.88. The van der Waals surface area contributed by atoms with Crippen LogP contribution in [-0.2, 0) is 7.05 Å². The van der Waals surface area contributed by atoms with Crippen molar-refractivity contribution in [3.8, 4) is 11.5 Å². The van der Waals surface area contributed by atoms with Crippen LogP contribution in [0.2, 0.25) is 0 Å². The van der Waals surface area contributed by atoms with Crippen LogP contribution in [-0.4, -0.2) is 53.8 Å². The Kier molecular flexibility index (Phi) is 5.80. The molecule has 3 aromatic heterocycles. The van der Waals surface area contributed by atoms with Gasteiger partial charge in [-0.05, 0) is 49.2 Å². The maximum absolute atomic E-state index is 10.3. The van der Waals surface area contributed by atoms with Gasteiger partial charge in [0.2, 0.25) is 5.95 Å². The van der Waals surface area contributed by atoms with Gasteiger partial charge in [-0.2, -0.15) is 0 Å². The lowest BCUT2D eigenvalue weighted by molar-refractivity contribution is 0.146. The second-order valence-electron chi connectivity index (χ2n) is 9.48. The number of aromatic nitrogens is 6. The molecule has 37 heavy (non-hydrogen) atoms. The van der Waals surface area contributed by atoms with Crippen molar-refractivity contribution in [2.24, 2.45) is 13.0 Å². The van der Waals surface area contributed by atoms with Crippen LogP contribution in [0.25, 0.3) is 22.1 Å². The number of nitrogens with zero attached hydrogens (tertiary/aromatic N) is 7. The molecule has 6 rings (SSSR count). The molecule has 10 heteroatoms. The van der Waals surface area contributed by atoms with Crippen LogP contribution in [0.4, 0.5) is 17.5 Å². The summed E-state index contributed by atoms with van der Waals surface area (Å²) in [7, 11) is 1.97. The number of fused-ring (bicyclic) bond motifs is 2.